The predicted molar refractivity (Wildman–Crippen MR) is 75.8 cm³/mol. The molecule has 0 spiro atoms. The minimum absolute atomic E-state index is 0.0376. The van der Waals surface area contributed by atoms with Crippen molar-refractivity contribution in [3.05, 3.63) is 23.9 Å². The summed E-state index contributed by atoms with van der Waals surface area (Å²) in [5, 5.41) is 3.40. The van der Waals surface area contributed by atoms with E-state index < -0.39 is 10.0 Å². The zero-order valence-corrected chi connectivity index (χ0v) is 12.6. The highest BCUT2D eigenvalue weighted by Crippen LogP contribution is 2.19. The van der Waals surface area contributed by atoms with Crippen LogP contribution in [0.4, 0.5) is 0 Å². The second kappa shape index (κ2) is 6.62. The van der Waals surface area contributed by atoms with Gasteiger partial charge in [-0.3, -0.25) is 0 Å². The Balaban J connectivity index is 1.96. The van der Waals surface area contributed by atoms with E-state index in [2.05, 4.69) is 15.0 Å². The average Bonchev–Trinajstić information content (AvgIpc) is 3.20. The molecule has 0 bridgehead atoms. The van der Waals surface area contributed by atoms with Crippen molar-refractivity contribution in [3.63, 3.8) is 0 Å². The lowest BCUT2D eigenvalue weighted by Gasteiger charge is -2.12. The first-order valence-corrected chi connectivity index (χ1v) is 8.19. The molecule has 1 unspecified atom stereocenters. The topological polar surface area (TPSA) is 80.3 Å². The van der Waals surface area contributed by atoms with Crippen molar-refractivity contribution in [2.24, 2.45) is 0 Å². The van der Waals surface area contributed by atoms with Gasteiger partial charge in [0.2, 0.25) is 0 Å². The number of aromatic nitrogens is 1. The van der Waals surface area contributed by atoms with Gasteiger partial charge in [0.25, 0.3) is 10.0 Å². The molecule has 1 saturated carbocycles. The summed E-state index contributed by atoms with van der Waals surface area (Å²) in [4.78, 5) is 4.03. The van der Waals surface area contributed by atoms with Gasteiger partial charge in [0.15, 0.2) is 5.03 Å². The molecule has 1 heterocycles. The standard InChI is InChI=1S/C13H21N3O3S/c1-10(9-19-2)16-20(17,18)13-6-3-11(8-15-13)7-14-12-4-5-12/h3,6,8,10,12,14,16H,4-5,7,9H2,1-2H3. The van der Waals surface area contributed by atoms with Crippen molar-refractivity contribution >= 4 is 10.0 Å². The van der Waals surface area contributed by atoms with E-state index in [9.17, 15) is 8.42 Å². The number of nitrogens with one attached hydrogen (secondary N) is 2. The fourth-order valence-corrected chi connectivity index (χ4v) is 2.99. The quantitative estimate of drug-likeness (QED) is 0.736. The summed E-state index contributed by atoms with van der Waals surface area (Å²) in [5.74, 6) is 0. The number of nitrogens with zero attached hydrogens (tertiary/aromatic N) is 1. The normalized spacial score (nSPS) is 17.1. The highest BCUT2D eigenvalue weighted by atomic mass is 32.2. The molecule has 2 N–H and O–H groups in total. The van der Waals surface area contributed by atoms with E-state index in [1.165, 1.54) is 26.0 Å². The van der Waals surface area contributed by atoms with Gasteiger partial charge < -0.3 is 10.1 Å². The summed E-state index contributed by atoms with van der Waals surface area (Å²) in [7, 11) is -2.05. The first-order chi connectivity index (χ1) is 9.51. The number of pyridine rings is 1. The van der Waals surface area contributed by atoms with Crippen LogP contribution in [-0.2, 0) is 21.3 Å². The second-order valence-electron chi connectivity index (χ2n) is 5.14. The molecule has 1 aliphatic rings. The van der Waals surface area contributed by atoms with Gasteiger partial charge in [-0.1, -0.05) is 6.07 Å². The van der Waals surface area contributed by atoms with Gasteiger partial charge in [-0.05, 0) is 31.4 Å². The van der Waals surface area contributed by atoms with Gasteiger partial charge in [-0.2, -0.15) is 0 Å². The van der Waals surface area contributed by atoms with E-state index in [0.717, 1.165) is 12.1 Å². The highest BCUT2D eigenvalue weighted by molar-refractivity contribution is 7.89. The summed E-state index contributed by atoms with van der Waals surface area (Å²) in [5.41, 5.74) is 0.987. The van der Waals surface area contributed by atoms with E-state index >= 15 is 0 Å². The van der Waals surface area contributed by atoms with Crippen molar-refractivity contribution in [1.82, 2.24) is 15.0 Å². The highest BCUT2D eigenvalue weighted by Gasteiger charge is 2.21. The van der Waals surface area contributed by atoms with E-state index in [1.54, 1.807) is 19.2 Å². The van der Waals surface area contributed by atoms with Crippen LogP contribution >= 0.6 is 0 Å². The molecular weight excluding hydrogens is 278 g/mol. The number of hydrogen-bond acceptors (Lipinski definition) is 5. The van der Waals surface area contributed by atoms with E-state index in [0.29, 0.717) is 12.6 Å². The van der Waals surface area contributed by atoms with E-state index in [4.69, 9.17) is 4.74 Å². The largest absolute Gasteiger partial charge is 0.383 e. The maximum absolute atomic E-state index is 12.1. The molecule has 1 aromatic heterocycles. The van der Waals surface area contributed by atoms with Crippen LogP contribution < -0.4 is 10.0 Å². The van der Waals surface area contributed by atoms with Crippen LogP contribution in [0, 0.1) is 0 Å². The van der Waals surface area contributed by atoms with E-state index in [1.807, 2.05) is 0 Å². The number of hydrogen-bond donors (Lipinski definition) is 2. The molecule has 2 rings (SSSR count). The molecule has 0 aromatic carbocycles. The zero-order chi connectivity index (χ0) is 14.6. The molecule has 1 aromatic rings. The maximum Gasteiger partial charge on any atom is 0.258 e. The Kier molecular flexibility index (Phi) is 5.09. The number of ether oxygens (including phenoxy) is 1. The van der Waals surface area contributed by atoms with Gasteiger partial charge in [-0.15, -0.1) is 0 Å². The van der Waals surface area contributed by atoms with Crippen molar-refractivity contribution in [2.75, 3.05) is 13.7 Å². The Labute approximate surface area is 120 Å². The van der Waals surface area contributed by atoms with Crippen LogP contribution in [0.2, 0.25) is 0 Å². The average molecular weight is 299 g/mol. The molecule has 0 saturated heterocycles. The van der Waals surface area contributed by atoms with Crippen molar-refractivity contribution in [1.29, 1.82) is 0 Å². The van der Waals surface area contributed by atoms with Crippen LogP contribution in [0.25, 0.3) is 0 Å². The molecule has 1 aliphatic carbocycles. The van der Waals surface area contributed by atoms with Gasteiger partial charge in [0, 0.05) is 31.9 Å². The maximum atomic E-state index is 12.1. The Morgan fingerprint density at radius 2 is 2.20 bits per heavy atom. The third-order valence-electron chi connectivity index (χ3n) is 3.02. The smallest absolute Gasteiger partial charge is 0.258 e. The summed E-state index contributed by atoms with van der Waals surface area (Å²) in [6.07, 6.45) is 4.05. The summed E-state index contributed by atoms with van der Waals surface area (Å²) >= 11 is 0. The molecule has 7 heteroatoms. The first-order valence-electron chi connectivity index (χ1n) is 6.71. The number of methoxy groups -OCH3 is 1. The predicted octanol–water partition coefficient (Wildman–Crippen LogP) is 0.647. The molecule has 1 atom stereocenters. The lowest BCUT2D eigenvalue weighted by Crippen LogP contribution is -2.36. The van der Waals surface area contributed by atoms with E-state index in [-0.39, 0.29) is 11.1 Å². The Bertz CT molecular complexity index is 526. The molecule has 0 amide bonds. The number of rotatable bonds is 8. The molecule has 112 valence electrons. The molecule has 20 heavy (non-hydrogen) atoms. The minimum Gasteiger partial charge on any atom is -0.383 e. The fraction of sp³-hybridized carbons (Fsp3) is 0.615. The van der Waals surface area contributed by atoms with Crippen LogP contribution in [0.3, 0.4) is 0 Å². The van der Waals surface area contributed by atoms with Gasteiger partial charge in [0.1, 0.15) is 0 Å². The summed E-state index contributed by atoms with van der Waals surface area (Å²) in [6.45, 7) is 2.79. The lowest BCUT2D eigenvalue weighted by atomic mass is 10.3. The van der Waals surface area contributed by atoms with Crippen LogP contribution in [-0.4, -0.2) is 39.2 Å². The van der Waals surface area contributed by atoms with Crippen LogP contribution in [0.5, 0.6) is 0 Å². The lowest BCUT2D eigenvalue weighted by molar-refractivity contribution is 0.180. The molecule has 0 aliphatic heterocycles. The van der Waals surface area contributed by atoms with Gasteiger partial charge >= 0.3 is 0 Å². The molecule has 0 radical (unpaired) electrons. The first kappa shape index (κ1) is 15.4. The van der Waals surface area contributed by atoms with Crippen molar-refractivity contribution in [2.45, 2.75) is 43.4 Å². The molecular formula is C13H21N3O3S. The SMILES string of the molecule is COCC(C)NS(=O)(=O)c1ccc(CNC2CC2)cn1. The Morgan fingerprint density at radius 3 is 2.75 bits per heavy atom. The van der Waals surface area contributed by atoms with Crippen LogP contribution in [0.1, 0.15) is 25.3 Å². The Hall–Kier alpha value is -1.02. The number of sulfonamides is 1. The van der Waals surface area contributed by atoms with Gasteiger partial charge in [0.05, 0.1) is 6.61 Å². The zero-order valence-electron chi connectivity index (χ0n) is 11.8. The summed E-state index contributed by atoms with van der Waals surface area (Å²) < 4.78 is 31.6. The second-order valence-corrected chi connectivity index (χ2v) is 6.80. The summed E-state index contributed by atoms with van der Waals surface area (Å²) in [6, 6.07) is 3.65. The third-order valence-corrected chi connectivity index (χ3v) is 4.52. The molecule has 1 fully saturated rings. The van der Waals surface area contributed by atoms with Crippen molar-refractivity contribution in [3.8, 4) is 0 Å². The third kappa shape index (κ3) is 4.52. The van der Waals surface area contributed by atoms with Crippen LogP contribution in [0.15, 0.2) is 23.4 Å². The van der Waals surface area contributed by atoms with Gasteiger partial charge in [-0.25, -0.2) is 18.1 Å². The fourth-order valence-electron chi connectivity index (χ4n) is 1.83. The minimum atomic E-state index is -3.58. The molecule has 6 nitrogen and oxygen atoms in total. The van der Waals surface area contributed by atoms with Crippen molar-refractivity contribution < 1.29 is 13.2 Å². The Morgan fingerprint density at radius 1 is 1.45 bits per heavy atom. The monoisotopic (exact) mass is 299 g/mol.